The normalized spacial score (nSPS) is 19.9. The van der Waals surface area contributed by atoms with Crippen molar-refractivity contribution in [1.82, 2.24) is 10.2 Å². The molecule has 1 fully saturated rings. The van der Waals surface area contributed by atoms with E-state index in [-0.39, 0.29) is 6.54 Å². The van der Waals surface area contributed by atoms with E-state index in [1.807, 2.05) is 24.3 Å². The molecule has 2 aromatic rings. The molecular weight excluding hydrogens is 374 g/mol. The third-order valence-corrected chi connectivity index (χ3v) is 5.39. The highest BCUT2D eigenvalue weighted by Crippen LogP contribution is 2.41. The van der Waals surface area contributed by atoms with Crippen LogP contribution in [-0.4, -0.2) is 43.5 Å². The molecule has 1 heterocycles. The Morgan fingerprint density at radius 1 is 1.14 bits per heavy atom. The zero-order valence-electron chi connectivity index (χ0n) is 16.2. The lowest BCUT2D eigenvalue weighted by Gasteiger charge is -2.22. The second-order valence-corrected chi connectivity index (χ2v) is 7.00. The predicted molar refractivity (Wildman–Crippen MR) is 105 cm³/mol. The lowest BCUT2D eigenvalue weighted by molar-refractivity contribution is -0.134. The number of urea groups is 1. The highest BCUT2D eigenvalue weighted by Gasteiger charge is 2.55. The number of hydrogen-bond donors (Lipinski definition) is 2. The standard InChI is InChI=1S/C21H21N3O5/c1-28-16-8-7-14(11-17(16)29-2)22-18(25)12-24-19(26)21(23-20(24)27)10-9-13-5-3-4-6-15(13)21/h3-8,11H,9-10,12H2,1-2H3,(H,22,25)(H,23,27)/t21-/m1/s1. The molecule has 2 aliphatic rings. The van der Waals surface area contributed by atoms with Gasteiger partial charge in [-0.05, 0) is 36.1 Å². The molecule has 0 saturated carbocycles. The molecule has 0 unspecified atom stereocenters. The van der Waals surface area contributed by atoms with Crippen LogP contribution in [0.15, 0.2) is 42.5 Å². The molecule has 4 amide bonds. The number of carbonyl (C=O) groups is 3. The zero-order valence-corrected chi connectivity index (χ0v) is 16.2. The second-order valence-electron chi connectivity index (χ2n) is 7.00. The highest BCUT2D eigenvalue weighted by atomic mass is 16.5. The summed E-state index contributed by atoms with van der Waals surface area (Å²) >= 11 is 0. The number of hydrogen-bond acceptors (Lipinski definition) is 5. The van der Waals surface area contributed by atoms with Gasteiger partial charge in [0.15, 0.2) is 11.5 Å². The summed E-state index contributed by atoms with van der Waals surface area (Å²) in [5.41, 5.74) is 1.25. The van der Waals surface area contributed by atoms with Crippen molar-refractivity contribution < 1.29 is 23.9 Å². The van der Waals surface area contributed by atoms with Gasteiger partial charge in [-0.1, -0.05) is 24.3 Å². The van der Waals surface area contributed by atoms with Crippen molar-refractivity contribution in [3.63, 3.8) is 0 Å². The molecule has 1 aliphatic heterocycles. The number of rotatable bonds is 5. The van der Waals surface area contributed by atoms with E-state index in [0.717, 1.165) is 16.0 Å². The van der Waals surface area contributed by atoms with Gasteiger partial charge < -0.3 is 20.1 Å². The van der Waals surface area contributed by atoms with Crippen molar-refractivity contribution in [1.29, 1.82) is 0 Å². The Labute approximate surface area is 167 Å². The molecular formula is C21H21N3O5. The molecule has 150 valence electrons. The first kappa shape index (κ1) is 18.8. The SMILES string of the molecule is COc1ccc(NC(=O)CN2C(=O)N[C@@]3(CCc4ccccc43)C2=O)cc1OC. The Bertz CT molecular complexity index is 1010. The molecule has 1 aliphatic carbocycles. The molecule has 0 radical (unpaired) electrons. The van der Waals surface area contributed by atoms with E-state index in [2.05, 4.69) is 10.6 Å². The predicted octanol–water partition coefficient (Wildman–Crippen LogP) is 2.04. The van der Waals surface area contributed by atoms with E-state index in [4.69, 9.17) is 9.47 Å². The van der Waals surface area contributed by atoms with Crippen LogP contribution < -0.4 is 20.1 Å². The molecule has 1 saturated heterocycles. The fourth-order valence-corrected chi connectivity index (χ4v) is 3.99. The zero-order chi connectivity index (χ0) is 20.6. The first-order valence-corrected chi connectivity index (χ1v) is 9.23. The molecule has 1 spiro atoms. The third-order valence-electron chi connectivity index (χ3n) is 5.39. The fraction of sp³-hybridized carbons (Fsp3) is 0.286. The number of amides is 4. The number of anilines is 1. The summed E-state index contributed by atoms with van der Waals surface area (Å²) in [5.74, 6) is 0.113. The maximum Gasteiger partial charge on any atom is 0.325 e. The Balaban J connectivity index is 1.50. The third kappa shape index (κ3) is 3.06. The van der Waals surface area contributed by atoms with Crippen molar-refractivity contribution >= 4 is 23.5 Å². The molecule has 29 heavy (non-hydrogen) atoms. The van der Waals surface area contributed by atoms with Gasteiger partial charge in [0.05, 0.1) is 14.2 Å². The molecule has 8 heteroatoms. The van der Waals surface area contributed by atoms with Crippen LogP contribution in [-0.2, 0) is 21.5 Å². The number of imide groups is 1. The minimum Gasteiger partial charge on any atom is -0.493 e. The Morgan fingerprint density at radius 2 is 1.90 bits per heavy atom. The van der Waals surface area contributed by atoms with Gasteiger partial charge in [0.25, 0.3) is 5.91 Å². The molecule has 2 aromatic carbocycles. The van der Waals surface area contributed by atoms with Gasteiger partial charge in [-0.25, -0.2) is 4.79 Å². The van der Waals surface area contributed by atoms with E-state index < -0.39 is 23.4 Å². The lowest BCUT2D eigenvalue weighted by atomic mass is 9.92. The summed E-state index contributed by atoms with van der Waals surface area (Å²) in [6.45, 7) is -0.372. The van der Waals surface area contributed by atoms with Gasteiger partial charge in [-0.15, -0.1) is 0 Å². The van der Waals surface area contributed by atoms with Gasteiger partial charge in [0, 0.05) is 11.8 Å². The fourth-order valence-electron chi connectivity index (χ4n) is 3.99. The summed E-state index contributed by atoms with van der Waals surface area (Å²) in [7, 11) is 3.01. The highest BCUT2D eigenvalue weighted by molar-refractivity contribution is 6.10. The van der Waals surface area contributed by atoms with Gasteiger partial charge in [0.2, 0.25) is 5.91 Å². The van der Waals surface area contributed by atoms with Crippen LogP contribution in [0, 0.1) is 0 Å². The van der Waals surface area contributed by atoms with Crippen LogP contribution in [0.2, 0.25) is 0 Å². The largest absolute Gasteiger partial charge is 0.493 e. The van der Waals surface area contributed by atoms with Crippen molar-refractivity contribution in [3.8, 4) is 11.5 Å². The van der Waals surface area contributed by atoms with Crippen LogP contribution in [0.25, 0.3) is 0 Å². The molecule has 8 nitrogen and oxygen atoms in total. The number of nitrogens with zero attached hydrogens (tertiary/aromatic N) is 1. The summed E-state index contributed by atoms with van der Waals surface area (Å²) in [4.78, 5) is 39.1. The summed E-state index contributed by atoms with van der Waals surface area (Å²) in [6.07, 6.45) is 1.19. The average Bonchev–Trinajstić information content (AvgIpc) is 3.21. The van der Waals surface area contributed by atoms with Crippen molar-refractivity contribution in [3.05, 3.63) is 53.6 Å². The maximum atomic E-state index is 13.1. The second kappa shape index (κ2) is 7.12. The number of ether oxygens (including phenoxy) is 2. The minimum atomic E-state index is -1.07. The smallest absolute Gasteiger partial charge is 0.325 e. The summed E-state index contributed by atoms with van der Waals surface area (Å²) in [5, 5.41) is 5.49. The van der Waals surface area contributed by atoms with E-state index in [9.17, 15) is 14.4 Å². The number of carbonyl (C=O) groups excluding carboxylic acids is 3. The van der Waals surface area contributed by atoms with Gasteiger partial charge in [0.1, 0.15) is 12.1 Å². The number of aryl methyl sites for hydroxylation is 1. The number of fused-ring (bicyclic) bond motifs is 2. The van der Waals surface area contributed by atoms with Gasteiger partial charge in [-0.2, -0.15) is 0 Å². The van der Waals surface area contributed by atoms with Crippen LogP contribution in [0.3, 0.4) is 0 Å². The van der Waals surface area contributed by atoms with Crippen molar-refractivity contribution in [2.45, 2.75) is 18.4 Å². The van der Waals surface area contributed by atoms with Gasteiger partial charge in [-0.3, -0.25) is 14.5 Å². The number of nitrogens with one attached hydrogen (secondary N) is 2. The molecule has 0 aromatic heterocycles. The molecule has 2 N–H and O–H groups in total. The van der Waals surface area contributed by atoms with E-state index in [0.29, 0.717) is 30.0 Å². The Morgan fingerprint density at radius 3 is 2.66 bits per heavy atom. The van der Waals surface area contributed by atoms with Crippen molar-refractivity contribution in [2.75, 3.05) is 26.1 Å². The summed E-state index contributed by atoms with van der Waals surface area (Å²) in [6, 6.07) is 11.9. The van der Waals surface area contributed by atoms with E-state index in [1.54, 1.807) is 18.2 Å². The summed E-state index contributed by atoms with van der Waals surface area (Å²) < 4.78 is 10.4. The van der Waals surface area contributed by atoms with E-state index in [1.165, 1.54) is 14.2 Å². The van der Waals surface area contributed by atoms with Crippen LogP contribution >= 0.6 is 0 Å². The van der Waals surface area contributed by atoms with Crippen LogP contribution in [0.5, 0.6) is 11.5 Å². The maximum absolute atomic E-state index is 13.1. The molecule has 4 rings (SSSR count). The number of benzene rings is 2. The average molecular weight is 395 g/mol. The van der Waals surface area contributed by atoms with Crippen molar-refractivity contribution in [2.24, 2.45) is 0 Å². The Kier molecular flexibility index (Phi) is 4.62. The topological polar surface area (TPSA) is 97.0 Å². The lowest BCUT2D eigenvalue weighted by Crippen LogP contribution is -2.42. The van der Waals surface area contributed by atoms with Crippen LogP contribution in [0.1, 0.15) is 17.5 Å². The molecule has 0 bridgehead atoms. The van der Waals surface area contributed by atoms with E-state index >= 15 is 0 Å². The first-order chi connectivity index (χ1) is 14.0. The number of methoxy groups -OCH3 is 2. The van der Waals surface area contributed by atoms with Gasteiger partial charge >= 0.3 is 6.03 Å². The quantitative estimate of drug-likeness (QED) is 0.755. The molecule has 1 atom stereocenters. The Hall–Kier alpha value is -3.55. The van der Waals surface area contributed by atoms with Crippen LogP contribution in [0.4, 0.5) is 10.5 Å². The first-order valence-electron chi connectivity index (χ1n) is 9.23. The monoisotopic (exact) mass is 395 g/mol. The minimum absolute atomic E-state index is 0.372.